The molecule has 4 rings (SSSR count). The van der Waals surface area contributed by atoms with Crippen molar-refractivity contribution in [2.24, 2.45) is 0 Å². The van der Waals surface area contributed by atoms with Crippen LogP contribution in [0.4, 0.5) is 5.82 Å². The largest absolute Gasteiger partial charge is 0.493 e. The van der Waals surface area contributed by atoms with Crippen LogP contribution in [-0.4, -0.2) is 43.5 Å². The number of pyridine rings is 1. The Bertz CT molecular complexity index is 1290. The predicted molar refractivity (Wildman–Crippen MR) is 132 cm³/mol. The summed E-state index contributed by atoms with van der Waals surface area (Å²) in [6, 6.07) is 19.8. The van der Waals surface area contributed by atoms with Gasteiger partial charge < -0.3 is 24.6 Å². The van der Waals surface area contributed by atoms with Gasteiger partial charge >= 0.3 is 0 Å². The highest BCUT2D eigenvalue weighted by atomic mass is 16.5. The zero-order valence-corrected chi connectivity index (χ0v) is 19.3. The minimum Gasteiger partial charge on any atom is -0.493 e. The number of hydrogen-bond donors (Lipinski definition) is 2. The number of rotatable bonds is 7. The second-order valence-corrected chi connectivity index (χ2v) is 7.97. The van der Waals surface area contributed by atoms with Gasteiger partial charge in [0, 0.05) is 30.6 Å². The van der Waals surface area contributed by atoms with Gasteiger partial charge in [0.25, 0.3) is 0 Å². The summed E-state index contributed by atoms with van der Waals surface area (Å²) in [5, 5.41) is 20.7. The maximum absolute atomic E-state index is 9.96. The molecule has 0 aliphatic heterocycles. The van der Waals surface area contributed by atoms with Gasteiger partial charge in [-0.3, -0.25) is 0 Å². The Morgan fingerprint density at radius 1 is 0.758 bits per heavy atom. The molecule has 0 atom stereocenters. The van der Waals surface area contributed by atoms with E-state index < -0.39 is 0 Å². The predicted octanol–water partition coefficient (Wildman–Crippen LogP) is 4.64. The zero-order valence-electron chi connectivity index (χ0n) is 19.3. The molecule has 0 aliphatic carbocycles. The van der Waals surface area contributed by atoms with Crippen molar-refractivity contribution in [2.45, 2.75) is 13.2 Å². The van der Waals surface area contributed by atoms with Crippen LogP contribution in [0, 0.1) is 0 Å². The average molecular weight is 445 g/mol. The molecule has 6 heteroatoms. The van der Waals surface area contributed by atoms with Crippen molar-refractivity contribution >= 4 is 16.7 Å². The van der Waals surface area contributed by atoms with E-state index in [4.69, 9.17) is 14.5 Å². The number of ether oxygens (including phenoxy) is 2. The highest BCUT2D eigenvalue weighted by molar-refractivity contribution is 6.06. The molecule has 33 heavy (non-hydrogen) atoms. The van der Waals surface area contributed by atoms with E-state index in [1.807, 2.05) is 67.5 Å². The average Bonchev–Trinajstić information content (AvgIpc) is 2.86. The Kier molecular flexibility index (Phi) is 6.49. The minimum absolute atomic E-state index is 0.164. The normalized spacial score (nSPS) is 11.0. The minimum atomic E-state index is -0.165. The lowest BCUT2D eigenvalue weighted by Gasteiger charge is -2.23. The van der Waals surface area contributed by atoms with Gasteiger partial charge in [0.2, 0.25) is 0 Å². The lowest BCUT2D eigenvalue weighted by molar-refractivity contribution is 0.260. The summed E-state index contributed by atoms with van der Waals surface area (Å²) >= 11 is 0. The van der Waals surface area contributed by atoms with Crippen molar-refractivity contribution in [3.8, 4) is 33.8 Å². The van der Waals surface area contributed by atoms with Crippen molar-refractivity contribution in [1.82, 2.24) is 4.98 Å². The molecule has 0 radical (unpaired) electrons. The van der Waals surface area contributed by atoms with Crippen molar-refractivity contribution < 1.29 is 19.7 Å². The van der Waals surface area contributed by atoms with Crippen molar-refractivity contribution in [3.63, 3.8) is 0 Å². The molecule has 0 aliphatic rings. The number of anilines is 1. The van der Waals surface area contributed by atoms with Gasteiger partial charge in [0.05, 0.1) is 33.0 Å². The van der Waals surface area contributed by atoms with Crippen LogP contribution in [0.3, 0.4) is 0 Å². The highest BCUT2D eigenvalue weighted by Gasteiger charge is 2.22. The van der Waals surface area contributed by atoms with E-state index in [-0.39, 0.29) is 13.2 Å². The fourth-order valence-corrected chi connectivity index (χ4v) is 4.17. The lowest BCUT2D eigenvalue weighted by atomic mass is 9.89. The smallest absolute Gasteiger partial charge is 0.161 e. The Labute approximate surface area is 193 Å². The molecule has 0 fully saturated rings. The maximum atomic E-state index is 9.96. The van der Waals surface area contributed by atoms with Crippen LogP contribution in [0.1, 0.15) is 11.1 Å². The molecule has 1 aromatic heterocycles. The Morgan fingerprint density at radius 2 is 1.42 bits per heavy atom. The molecule has 6 nitrogen and oxygen atoms in total. The number of aromatic nitrogens is 1. The number of nitrogens with zero attached hydrogens (tertiary/aromatic N) is 2. The molecule has 0 bridgehead atoms. The lowest BCUT2D eigenvalue weighted by Crippen LogP contribution is -2.13. The molecular weight excluding hydrogens is 416 g/mol. The number of fused-ring (bicyclic) bond motifs is 1. The van der Waals surface area contributed by atoms with Gasteiger partial charge in [-0.05, 0) is 46.5 Å². The van der Waals surface area contributed by atoms with Gasteiger partial charge in [-0.1, -0.05) is 36.4 Å². The number of methoxy groups -OCH3 is 2. The molecule has 4 aromatic rings. The molecule has 170 valence electrons. The quantitative estimate of drug-likeness (QED) is 0.433. The molecular formula is C27H28N2O4. The topological polar surface area (TPSA) is 75.1 Å². The first-order valence-corrected chi connectivity index (χ1v) is 10.7. The molecule has 0 saturated heterocycles. The van der Waals surface area contributed by atoms with Crippen LogP contribution in [0.25, 0.3) is 33.2 Å². The summed E-state index contributed by atoms with van der Waals surface area (Å²) in [6.07, 6.45) is 0. The third-order valence-corrected chi connectivity index (χ3v) is 5.79. The second-order valence-electron chi connectivity index (χ2n) is 7.97. The van der Waals surface area contributed by atoms with E-state index in [9.17, 15) is 10.2 Å². The van der Waals surface area contributed by atoms with Crippen LogP contribution in [0.2, 0.25) is 0 Å². The molecule has 0 amide bonds. The fourth-order valence-electron chi connectivity index (χ4n) is 4.17. The van der Waals surface area contributed by atoms with E-state index in [1.54, 1.807) is 14.2 Å². The fraction of sp³-hybridized carbons (Fsp3) is 0.222. The molecule has 0 spiro atoms. The molecule has 0 unspecified atom stereocenters. The first-order chi connectivity index (χ1) is 16.0. The first-order valence-electron chi connectivity index (χ1n) is 10.7. The second kappa shape index (κ2) is 9.48. The van der Waals surface area contributed by atoms with Crippen molar-refractivity contribution in [2.75, 3.05) is 33.2 Å². The summed E-state index contributed by atoms with van der Waals surface area (Å²) in [7, 11) is 7.16. The molecule has 3 aromatic carbocycles. The first kappa shape index (κ1) is 22.6. The van der Waals surface area contributed by atoms with Gasteiger partial charge in [0.15, 0.2) is 11.5 Å². The van der Waals surface area contributed by atoms with E-state index in [2.05, 4.69) is 12.1 Å². The highest BCUT2D eigenvalue weighted by Crippen LogP contribution is 2.45. The third-order valence-electron chi connectivity index (χ3n) is 5.79. The van der Waals surface area contributed by atoms with E-state index >= 15 is 0 Å². The van der Waals surface area contributed by atoms with Gasteiger partial charge in [-0.25, -0.2) is 4.98 Å². The zero-order chi connectivity index (χ0) is 23.5. The Morgan fingerprint density at radius 3 is 2.03 bits per heavy atom. The van der Waals surface area contributed by atoms with Gasteiger partial charge in [0.1, 0.15) is 5.82 Å². The monoisotopic (exact) mass is 444 g/mol. The third kappa shape index (κ3) is 4.11. The molecule has 2 N–H and O–H groups in total. The summed E-state index contributed by atoms with van der Waals surface area (Å²) in [5.74, 6) is 2.07. The summed E-state index contributed by atoms with van der Waals surface area (Å²) < 4.78 is 11.0. The van der Waals surface area contributed by atoms with E-state index in [0.717, 1.165) is 39.0 Å². The van der Waals surface area contributed by atoms with Gasteiger partial charge in [-0.2, -0.15) is 0 Å². The Balaban J connectivity index is 2.17. The number of aliphatic hydroxyl groups is 2. The Hall–Kier alpha value is -3.61. The van der Waals surface area contributed by atoms with Crippen LogP contribution >= 0.6 is 0 Å². The van der Waals surface area contributed by atoms with Crippen LogP contribution < -0.4 is 14.4 Å². The van der Waals surface area contributed by atoms with Crippen molar-refractivity contribution in [1.29, 1.82) is 0 Å². The standard InChI is InChI=1S/C27H28N2O4/c1-29(2)27-26(18-10-11-23(32-3)24(14-18)33-4)25(17-8-6-5-7-9-17)21-12-19(15-30)20(16-31)13-22(21)28-27/h5-14,30-31H,15-16H2,1-4H3. The van der Waals surface area contributed by atoms with E-state index in [1.165, 1.54) is 0 Å². The van der Waals surface area contributed by atoms with Crippen LogP contribution in [0.5, 0.6) is 11.5 Å². The summed E-state index contributed by atoms with van der Waals surface area (Å²) in [5.41, 5.74) is 6.00. The van der Waals surface area contributed by atoms with Crippen molar-refractivity contribution in [3.05, 3.63) is 71.8 Å². The molecule has 1 heterocycles. The van der Waals surface area contributed by atoms with E-state index in [0.29, 0.717) is 22.6 Å². The molecule has 0 saturated carbocycles. The maximum Gasteiger partial charge on any atom is 0.161 e. The van der Waals surface area contributed by atoms with Crippen LogP contribution in [0.15, 0.2) is 60.7 Å². The summed E-state index contributed by atoms with van der Waals surface area (Å²) in [6.45, 7) is -0.329. The summed E-state index contributed by atoms with van der Waals surface area (Å²) in [4.78, 5) is 6.96. The number of hydrogen-bond acceptors (Lipinski definition) is 6. The number of aliphatic hydroxyl groups excluding tert-OH is 2. The number of benzene rings is 3. The van der Waals surface area contributed by atoms with Gasteiger partial charge in [-0.15, -0.1) is 0 Å². The van der Waals surface area contributed by atoms with Crippen LogP contribution in [-0.2, 0) is 13.2 Å². The SMILES string of the molecule is COc1ccc(-c2c(N(C)C)nc3cc(CO)c(CO)cc3c2-c2ccccc2)cc1OC.